The van der Waals surface area contributed by atoms with Gasteiger partial charge in [-0.3, -0.25) is 0 Å². The summed E-state index contributed by atoms with van der Waals surface area (Å²) in [5.74, 6) is 2.43. The first kappa shape index (κ1) is 16.3. The van der Waals surface area contributed by atoms with E-state index in [-0.39, 0.29) is 0 Å². The molecule has 1 aromatic heterocycles. The van der Waals surface area contributed by atoms with E-state index >= 15 is 0 Å². The predicted octanol–water partition coefficient (Wildman–Crippen LogP) is 3.98. The molecule has 3 rings (SSSR count). The highest BCUT2D eigenvalue weighted by Crippen LogP contribution is 2.21. The molecule has 124 valence electrons. The first-order valence-electron chi connectivity index (χ1n) is 7.68. The SMILES string of the molecule is Cn1ncnc1-c1cccc(OCCCOc2ccc(Cl)cc2)c1. The van der Waals surface area contributed by atoms with Crippen molar-refractivity contribution in [3.8, 4) is 22.9 Å². The zero-order valence-electron chi connectivity index (χ0n) is 13.4. The molecule has 0 unspecified atom stereocenters. The summed E-state index contributed by atoms with van der Waals surface area (Å²) in [6.45, 7) is 1.17. The molecule has 0 radical (unpaired) electrons. The molecule has 0 bridgehead atoms. The van der Waals surface area contributed by atoms with Gasteiger partial charge in [0.15, 0.2) is 5.82 Å². The Balaban J connectivity index is 1.47. The minimum atomic E-state index is 0.579. The third-order valence-corrected chi connectivity index (χ3v) is 3.70. The highest BCUT2D eigenvalue weighted by atomic mass is 35.5. The number of hydrogen-bond acceptors (Lipinski definition) is 4. The number of benzene rings is 2. The monoisotopic (exact) mass is 343 g/mol. The van der Waals surface area contributed by atoms with Crippen LogP contribution in [0.15, 0.2) is 54.9 Å². The Labute approximate surface area is 145 Å². The van der Waals surface area contributed by atoms with Gasteiger partial charge in [-0.05, 0) is 36.4 Å². The van der Waals surface area contributed by atoms with Crippen molar-refractivity contribution in [1.29, 1.82) is 0 Å². The van der Waals surface area contributed by atoms with Crippen LogP contribution in [0.3, 0.4) is 0 Å². The van der Waals surface area contributed by atoms with E-state index in [2.05, 4.69) is 10.1 Å². The van der Waals surface area contributed by atoms with Crippen molar-refractivity contribution in [3.05, 3.63) is 59.9 Å². The second kappa shape index (κ2) is 7.84. The van der Waals surface area contributed by atoms with Crippen molar-refractivity contribution in [2.24, 2.45) is 7.05 Å². The second-order valence-corrected chi connectivity index (χ2v) is 5.68. The summed E-state index contributed by atoms with van der Waals surface area (Å²) in [4.78, 5) is 4.24. The van der Waals surface area contributed by atoms with Crippen molar-refractivity contribution < 1.29 is 9.47 Å². The lowest BCUT2D eigenvalue weighted by Gasteiger charge is -2.09. The lowest BCUT2D eigenvalue weighted by atomic mass is 10.2. The minimum Gasteiger partial charge on any atom is -0.493 e. The maximum absolute atomic E-state index is 5.84. The number of halogens is 1. The van der Waals surface area contributed by atoms with Gasteiger partial charge in [0.25, 0.3) is 0 Å². The van der Waals surface area contributed by atoms with Crippen molar-refractivity contribution in [2.75, 3.05) is 13.2 Å². The summed E-state index contributed by atoms with van der Waals surface area (Å²) in [7, 11) is 1.87. The molecule has 0 aliphatic heterocycles. The fraction of sp³-hybridized carbons (Fsp3) is 0.222. The molecule has 6 heteroatoms. The summed E-state index contributed by atoms with van der Waals surface area (Å²) in [5, 5.41) is 4.79. The number of aromatic nitrogens is 3. The van der Waals surface area contributed by atoms with Crippen LogP contribution in [-0.4, -0.2) is 28.0 Å². The van der Waals surface area contributed by atoms with Crippen LogP contribution >= 0.6 is 11.6 Å². The number of ether oxygens (including phenoxy) is 2. The predicted molar refractivity (Wildman–Crippen MR) is 93.5 cm³/mol. The third-order valence-electron chi connectivity index (χ3n) is 3.44. The van der Waals surface area contributed by atoms with E-state index in [0.29, 0.717) is 18.2 Å². The first-order valence-corrected chi connectivity index (χ1v) is 8.06. The molecule has 0 spiro atoms. The van der Waals surface area contributed by atoms with Gasteiger partial charge < -0.3 is 9.47 Å². The van der Waals surface area contributed by atoms with E-state index in [1.54, 1.807) is 4.68 Å². The normalized spacial score (nSPS) is 10.6. The zero-order valence-corrected chi connectivity index (χ0v) is 14.1. The van der Waals surface area contributed by atoms with Crippen LogP contribution in [0.1, 0.15) is 6.42 Å². The Hall–Kier alpha value is -2.53. The van der Waals surface area contributed by atoms with Crippen LogP contribution < -0.4 is 9.47 Å². The van der Waals surface area contributed by atoms with E-state index in [1.165, 1.54) is 6.33 Å². The molecular weight excluding hydrogens is 326 g/mol. The smallest absolute Gasteiger partial charge is 0.157 e. The van der Waals surface area contributed by atoms with Gasteiger partial charge in [-0.2, -0.15) is 5.10 Å². The number of hydrogen-bond donors (Lipinski definition) is 0. The highest BCUT2D eigenvalue weighted by molar-refractivity contribution is 6.30. The summed E-state index contributed by atoms with van der Waals surface area (Å²) in [5.41, 5.74) is 0.977. The van der Waals surface area contributed by atoms with Gasteiger partial charge in [0.1, 0.15) is 17.8 Å². The van der Waals surface area contributed by atoms with Crippen LogP contribution in [-0.2, 0) is 7.05 Å². The molecule has 0 saturated carbocycles. The lowest BCUT2D eigenvalue weighted by Crippen LogP contribution is -2.05. The van der Waals surface area contributed by atoms with Gasteiger partial charge in [-0.1, -0.05) is 23.7 Å². The van der Waals surface area contributed by atoms with Crippen molar-refractivity contribution >= 4 is 11.6 Å². The number of nitrogens with zero attached hydrogens (tertiary/aromatic N) is 3. The molecule has 5 nitrogen and oxygen atoms in total. The van der Waals surface area contributed by atoms with Gasteiger partial charge in [0.05, 0.1) is 13.2 Å². The fourth-order valence-corrected chi connectivity index (χ4v) is 2.38. The van der Waals surface area contributed by atoms with Gasteiger partial charge in [0.2, 0.25) is 0 Å². The summed E-state index contributed by atoms with van der Waals surface area (Å²) in [6, 6.07) is 15.2. The Bertz CT molecular complexity index is 787. The summed E-state index contributed by atoms with van der Waals surface area (Å²) in [6.07, 6.45) is 2.33. The van der Waals surface area contributed by atoms with Crippen molar-refractivity contribution in [1.82, 2.24) is 14.8 Å². The second-order valence-electron chi connectivity index (χ2n) is 5.24. The maximum atomic E-state index is 5.84. The van der Waals surface area contributed by atoms with Gasteiger partial charge in [-0.25, -0.2) is 9.67 Å². The standard InChI is InChI=1S/C18H18ClN3O2/c1-22-18(20-13-21-22)14-4-2-5-17(12-14)24-11-3-10-23-16-8-6-15(19)7-9-16/h2,4-9,12-13H,3,10-11H2,1H3. The van der Waals surface area contributed by atoms with Crippen molar-refractivity contribution in [3.63, 3.8) is 0 Å². The molecule has 0 fully saturated rings. The molecule has 0 aliphatic carbocycles. The van der Waals surface area contributed by atoms with Crippen molar-refractivity contribution in [2.45, 2.75) is 6.42 Å². The summed E-state index contributed by atoms with van der Waals surface area (Å²) >= 11 is 5.84. The quantitative estimate of drug-likeness (QED) is 0.609. The van der Waals surface area contributed by atoms with E-state index < -0.39 is 0 Å². The zero-order chi connectivity index (χ0) is 16.8. The van der Waals surface area contributed by atoms with Crippen LogP contribution in [0.25, 0.3) is 11.4 Å². The molecule has 0 N–H and O–H groups in total. The topological polar surface area (TPSA) is 49.2 Å². The maximum Gasteiger partial charge on any atom is 0.157 e. The Morgan fingerprint density at radius 2 is 1.75 bits per heavy atom. The van der Waals surface area contributed by atoms with E-state index in [9.17, 15) is 0 Å². The first-order chi connectivity index (χ1) is 11.7. The Kier molecular flexibility index (Phi) is 5.33. The minimum absolute atomic E-state index is 0.579. The molecule has 0 aliphatic rings. The molecule has 0 atom stereocenters. The average Bonchev–Trinajstić information content (AvgIpc) is 3.03. The molecular formula is C18H18ClN3O2. The van der Waals surface area contributed by atoms with Gasteiger partial charge in [-0.15, -0.1) is 0 Å². The van der Waals surface area contributed by atoms with Gasteiger partial charge in [0, 0.05) is 24.1 Å². The number of aryl methyl sites for hydroxylation is 1. The van der Waals surface area contributed by atoms with Crippen LogP contribution in [0.2, 0.25) is 5.02 Å². The average molecular weight is 344 g/mol. The van der Waals surface area contributed by atoms with Crippen LogP contribution in [0.4, 0.5) is 0 Å². The molecule has 2 aromatic carbocycles. The fourth-order valence-electron chi connectivity index (χ4n) is 2.25. The van der Waals surface area contributed by atoms with E-state index in [0.717, 1.165) is 29.3 Å². The molecule has 24 heavy (non-hydrogen) atoms. The Morgan fingerprint density at radius 3 is 2.46 bits per heavy atom. The van der Waals surface area contributed by atoms with Gasteiger partial charge >= 0.3 is 0 Å². The molecule has 0 saturated heterocycles. The molecule has 1 heterocycles. The lowest BCUT2D eigenvalue weighted by molar-refractivity contribution is 0.247. The third kappa shape index (κ3) is 4.26. The van der Waals surface area contributed by atoms with E-state index in [4.69, 9.17) is 21.1 Å². The van der Waals surface area contributed by atoms with Crippen LogP contribution in [0, 0.1) is 0 Å². The van der Waals surface area contributed by atoms with Crippen LogP contribution in [0.5, 0.6) is 11.5 Å². The highest BCUT2D eigenvalue weighted by Gasteiger charge is 2.05. The molecule has 0 amide bonds. The summed E-state index contributed by atoms with van der Waals surface area (Å²) < 4.78 is 13.2. The largest absolute Gasteiger partial charge is 0.493 e. The molecule has 3 aromatic rings. The Morgan fingerprint density at radius 1 is 1.00 bits per heavy atom. The number of rotatable bonds is 7. The van der Waals surface area contributed by atoms with E-state index in [1.807, 2.05) is 55.6 Å².